The van der Waals surface area contributed by atoms with Gasteiger partial charge in [-0.2, -0.15) is 0 Å². The van der Waals surface area contributed by atoms with Crippen LogP contribution in [0.2, 0.25) is 6.82 Å². The van der Waals surface area contributed by atoms with Gasteiger partial charge in [-0.3, -0.25) is 0 Å². The fourth-order valence-corrected chi connectivity index (χ4v) is 4.03. The second-order valence-corrected chi connectivity index (χ2v) is 7.33. The number of hydrogen-bond donors (Lipinski definition) is 1. The van der Waals surface area contributed by atoms with Gasteiger partial charge in [0.2, 0.25) is 0 Å². The van der Waals surface area contributed by atoms with Crippen molar-refractivity contribution in [3.8, 4) is 0 Å². The summed E-state index contributed by atoms with van der Waals surface area (Å²) in [5.41, 5.74) is 8.50. The van der Waals surface area contributed by atoms with Crippen molar-refractivity contribution in [3.63, 3.8) is 0 Å². The largest absolute Gasteiger partial charge is 0.423 e. The predicted octanol–water partition coefficient (Wildman–Crippen LogP) is 0.914. The molecule has 0 fully saturated rings. The van der Waals surface area contributed by atoms with Crippen molar-refractivity contribution < 1.29 is 13.1 Å². The molecule has 1 aliphatic rings. The molecule has 0 radical (unpaired) electrons. The van der Waals surface area contributed by atoms with Crippen molar-refractivity contribution in [2.45, 2.75) is 23.7 Å². The van der Waals surface area contributed by atoms with E-state index in [0.717, 1.165) is 16.6 Å². The summed E-state index contributed by atoms with van der Waals surface area (Å²) < 4.78 is 30.5. The normalized spacial score (nSPS) is 17.5. The third-order valence-electron chi connectivity index (χ3n) is 3.83. The van der Waals surface area contributed by atoms with Crippen LogP contribution in [0.25, 0.3) is 0 Å². The highest BCUT2D eigenvalue weighted by Crippen LogP contribution is 2.24. The molecule has 114 valence electrons. The summed E-state index contributed by atoms with van der Waals surface area (Å²) >= 11 is 0. The van der Waals surface area contributed by atoms with Crippen LogP contribution in [0, 0.1) is 0 Å². The van der Waals surface area contributed by atoms with Crippen molar-refractivity contribution >= 4 is 22.2 Å². The summed E-state index contributed by atoms with van der Waals surface area (Å²) in [6.07, 6.45) is 1.38. The number of pyridine rings is 1. The fraction of sp³-hybridized carbons (Fsp3) is 0.267. The summed E-state index contributed by atoms with van der Waals surface area (Å²) in [6, 6.07) is 10.5. The molecule has 1 aliphatic heterocycles. The van der Waals surface area contributed by atoms with E-state index in [4.69, 9.17) is 10.4 Å². The van der Waals surface area contributed by atoms with Crippen molar-refractivity contribution in [3.05, 3.63) is 53.7 Å². The van der Waals surface area contributed by atoms with Gasteiger partial charge < -0.3 is 10.4 Å². The Labute approximate surface area is 130 Å². The molecular weight excluding hydrogens is 299 g/mol. The van der Waals surface area contributed by atoms with Gasteiger partial charge in [-0.05, 0) is 28.7 Å². The van der Waals surface area contributed by atoms with Crippen molar-refractivity contribution in [1.82, 2.24) is 4.98 Å². The maximum absolute atomic E-state index is 12.4. The highest BCUT2D eigenvalue weighted by molar-refractivity contribution is 7.90. The van der Waals surface area contributed by atoms with Crippen molar-refractivity contribution in [2.24, 2.45) is 5.73 Å². The Morgan fingerprint density at radius 1 is 1.32 bits per heavy atom. The number of nitrogens with two attached hydrogens (primary N) is 1. The highest BCUT2D eigenvalue weighted by Gasteiger charge is 2.31. The van der Waals surface area contributed by atoms with Crippen LogP contribution in [0.5, 0.6) is 0 Å². The molecule has 0 saturated carbocycles. The molecule has 22 heavy (non-hydrogen) atoms. The van der Waals surface area contributed by atoms with Crippen molar-refractivity contribution in [1.29, 1.82) is 0 Å². The Morgan fingerprint density at radius 3 is 2.82 bits per heavy atom. The Morgan fingerprint density at radius 2 is 2.14 bits per heavy atom. The van der Waals surface area contributed by atoms with Gasteiger partial charge in [-0.1, -0.05) is 31.1 Å². The molecule has 1 aromatic carbocycles. The molecule has 0 aliphatic carbocycles. The lowest BCUT2D eigenvalue weighted by Crippen LogP contribution is -2.25. The quantitative estimate of drug-likeness (QED) is 0.848. The molecule has 1 aromatic heterocycles. The maximum atomic E-state index is 12.4. The number of rotatable bonds is 4. The zero-order valence-electron chi connectivity index (χ0n) is 12.3. The van der Waals surface area contributed by atoms with Gasteiger partial charge in [0, 0.05) is 12.7 Å². The Bertz CT molecular complexity index is 781. The average Bonchev–Trinajstić information content (AvgIpc) is 2.84. The minimum Gasteiger partial charge on any atom is -0.423 e. The lowest BCUT2D eigenvalue weighted by molar-refractivity contribution is 0.235. The van der Waals surface area contributed by atoms with Gasteiger partial charge in [-0.25, -0.2) is 13.4 Å². The molecule has 2 heterocycles. The summed E-state index contributed by atoms with van der Waals surface area (Å²) in [4.78, 5) is 3.93. The van der Waals surface area contributed by atoms with Gasteiger partial charge in [0.05, 0.1) is 11.9 Å². The van der Waals surface area contributed by atoms with Gasteiger partial charge in [0.25, 0.3) is 0 Å². The first-order valence-corrected chi connectivity index (χ1v) is 8.78. The highest BCUT2D eigenvalue weighted by atomic mass is 32.2. The zero-order chi connectivity index (χ0) is 15.7. The second-order valence-electron chi connectivity index (χ2n) is 5.39. The summed E-state index contributed by atoms with van der Waals surface area (Å²) in [5.74, 6) is -0.0721. The lowest BCUT2D eigenvalue weighted by Gasteiger charge is -2.09. The van der Waals surface area contributed by atoms with E-state index in [9.17, 15) is 8.42 Å². The van der Waals surface area contributed by atoms with Crippen LogP contribution < -0.4 is 11.2 Å². The molecule has 3 rings (SSSR count). The molecule has 5 nitrogen and oxygen atoms in total. The molecule has 0 spiro atoms. The van der Waals surface area contributed by atoms with E-state index < -0.39 is 9.84 Å². The topological polar surface area (TPSA) is 82.3 Å². The Kier molecular flexibility index (Phi) is 4.03. The smallest absolute Gasteiger partial charge is 0.324 e. The molecule has 2 aromatic rings. The summed E-state index contributed by atoms with van der Waals surface area (Å²) in [6.45, 7) is 2.30. The first kappa shape index (κ1) is 15.2. The first-order chi connectivity index (χ1) is 10.5. The number of hydrogen-bond acceptors (Lipinski definition) is 5. The molecule has 0 saturated heterocycles. The molecule has 1 atom stereocenters. The van der Waals surface area contributed by atoms with Gasteiger partial charge in [-0.15, -0.1) is 0 Å². The summed E-state index contributed by atoms with van der Waals surface area (Å²) in [5, 5.41) is 0.0969. The van der Waals surface area contributed by atoms with Gasteiger partial charge in [0.1, 0.15) is 0 Å². The van der Waals surface area contributed by atoms with Crippen LogP contribution >= 0.6 is 0 Å². The van der Waals surface area contributed by atoms with E-state index in [1.807, 2.05) is 25.0 Å². The van der Waals surface area contributed by atoms with Crippen LogP contribution in [-0.2, 0) is 20.2 Å². The second kappa shape index (κ2) is 5.83. The monoisotopic (exact) mass is 316 g/mol. The third kappa shape index (κ3) is 2.79. The third-order valence-corrected chi connectivity index (χ3v) is 5.42. The number of sulfone groups is 1. The molecule has 0 amide bonds. The van der Waals surface area contributed by atoms with E-state index in [1.165, 1.54) is 12.3 Å². The predicted molar refractivity (Wildman–Crippen MR) is 85.7 cm³/mol. The molecule has 2 N–H and O–H groups in total. The minimum atomic E-state index is -3.44. The summed E-state index contributed by atoms with van der Waals surface area (Å²) in [7, 11) is -3.44. The fourth-order valence-electron chi connectivity index (χ4n) is 2.76. The zero-order valence-corrected chi connectivity index (χ0v) is 13.1. The minimum absolute atomic E-state index is 0.0685. The number of nitrogens with zero attached hydrogens (tertiary/aromatic N) is 1. The first-order valence-electron chi connectivity index (χ1n) is 7.13. The molecular formula is C15H17BN2O3S. The Hall–Kier alpha value is -1.70. The molecule has 7 heteroatoms. The van der Waals surface area contributed by atoms with Crippen molar-refractivity contribution in [2.75, 3.05) is 6.54 Å². The van der Waals surface area contributed by atoms with E-state index in [2.05, 4.69) is 4.98 Å². The van der Waals surface area contributed by atoms with Gasteiger partial charge in [0.15, 0.2) is 14.9 Å². The van der Waals surface area contributed by atoms with Crippen LogP contribution in [-0.4, -0.2) is 26.9 Å². The Balaban J connectivity index is 1.90. The number of aromatic nitrogens is 1. The average molecular weight is 316 g/mol. The van der Waals surface area contributed by atoms with Crippen LogP contribution in [0.15, 0.2) is 47.6 Å². The number of fused-ring (bicyclic) bond motifs is 1. The van der Waals surface area contributed by atoms with Crippen LogP contribution in [0.4, 0.5) is 0 Å². The molecule has 1 unspecified atom stereocenters. The van der Waals surface area contributed by atoms with Crippen LogP contribution in [0.1, 0.15) is 17.2 Å². The molecule has 0 bridgehead atoms. The van der Waals surface area contributed by atoms with E-state index in [1.54, 1.807) is 12.1 Å². The lowest BCUT2D eigenvalue weighted by atomic mass is 9.64. The van der Waals surface area contributed by atoms with Gasteiger partial charge >= 0.3 is 6.92 Å². The van der Waals surface area contributed by atoms with E-state index in [0.29, 0.717) is 6.54 Å². The SMILES string of the molecule is CB1OC(CN)c2ccc(CS(=O)(=O)c3ccccn3)cc21. The van der Waals surface area contributed by atoms with Crippen LogP contribution in [0.3, 0.4) is 0 Å². The van der Waals surface area contributed by atoms with E-state index in [-0.39, 0.29) is 23.8 Å². The maximum Gasteiger partial charge on any atom is 0.324 e. The standard InChI is InChI=1S/C15H17BN2O3S/c1-16-13-8-11(5-6-12(13)14(9-17)21-16)10-22(19,20)15-4-2-3-7-18-15/h2-8,14H,9-10,17H2,1H3. The van der Waals surface area contributed by atoms with E-state index >= 15 is 0 Å². The number of benzene rings is 1.